The quantitative estimate of drug-likeness (QED) is 0.491. The van der Waals surface area contributed by atoms with Crippen LogP contribution in [-0.4, -0.2) is 26.5 Å². The molecule has 0 saturated carbocycles. The smallest absolute Gasteiger partial charge is 0.137 e. The van der Waals surface area contributed by atoms with Gasteiger partial charge in [0, 0.05) is 49.6 Å². The van der Waals surface area contributed by atoms with Crippen molar-refractivity contribution in [1.29, 1.82) is 0 Å². The highest BCUT2D eigenvalue weighted by Crippen LogP contribution is 2.35. The first-order valence-electron chi connectivity index (χ1n) is 10.4. The van der Waals surface area contributed by atoms with E-state index in [0.29, 0.717) is 0 Å². The molecule has 0 aliphatic carbocycles. The van der Waals surface area contributed by atoms with Crippen LogP contribution in [0, 0.1) is 0 Å². The molecule has 0 atom stereocenters. The second-order valence-electron chi connectivity index (χ2n) is 7.56. The lowest BCUT2D eigenvalue weighted by Crippen LogP contribution is -2.27. The Labute approximate surface area is 176 Å². The number of anilines is 2. The molecule has 1 aliphatic heterocycles. The summed E-state index contributed by atoms with van der Waals surface area (Å²) < 4.78 is 0. The fourth-order valence-corrected chi connectivity index (χ4v) is 4.25. The van der Waals surface area contributed by atoms with E-state index in [1.807, 2.05) is 61.4 Å². The van der Waals surface area contributed by atoms with Gasteiger partial charge in [0.25, 0.3) is 0 Å². The zero-order chi connectivity index (χ0) is 20.2. The Morgan fingerprint density at radius 2 is 1.43 bits per heavy atom. The first-order valence-corrected chi connectivity index (χ1v) is 10.4. The van der Waals surface area contributed by atoms with Crippen LogP contribution in [0.4, 0.5) is 11.6 Å². The first kappa shape index (κ1) is 18.4. The lowest BCUT2D eigenvalue weighted by molar-refractivity contribution is 0.732. The van der Waals surface area contributed by atoms with Crippen molar-refractivity contribution in [3.05, 3.63) is 108 Å². The van der Waals surface area contributed by atoms with Crippen molar-refractivity contribution < 1.29 is 0 Å². The summed E-state index contributed by atoms with van der Waals surface area (Å²) in [6.45, 7) is 0.929. The molecule has 0 aromatic carbocycles. The van der Waals surface area contributed by atoms with E-state index >= 15 is 0 Å². The highest BCUT2D eigenvalue weighted by atomic mass is 15.2. The number of aromatic nitrogens is 4. The average molecular weight is 393 g/mol. The third kappa shape index (κ3) is 3.66. The van der Waals surface area contributed by atoms with Crippen LogP contribution >= 0.6 is 0 Å². The summed E-state index contributed by atoms with van der Waals surface area (Å²) >= 11 is 0. The average Bonchev–Trinajstić information content (AvgIpc) is 2.83. The molecule has 5 heterocycles. The third-order valence-corrected chi connectivity index (χ3v) is 5.67. The van der Waals surface area contributed by atoms with E-state index in [4.69, 9.17) is 4.98 Å². The van der Waals surface area contributed by atoms with Crippen molar-refractivity contribution in [2.24, 2.45) is 0 Å². The monoisotopic (exact) mass is 393 g/mol. The van der Waals surface area contributed by atoms with Gasteiger partial charge in [-0.05, 0) is 65.8 Å². The van der Waals surface area contributed by atoms with Crippen LogP contribution in [0.5, 0.6) is 0 Å². The molecular formula is C25H23N5. The van der Waals surface area contributed by atoms with Gasteiger partial charge in [0.1, 0.15) is 11.6 Å². The van der Waals surface area contributed by atoms with Crippen LogP contribution in [0.2, 0.25) is 0 Å². The number of hydrogen-bond acceptors (Lipinski definition) is 5. The molecule has 0 bridgehead atoms. The zero-order valence-electron chi connectivity index (χ0n) is 16.7. The highest BCUT2D eigenvalue weighted by Gasteiger charge is 2.24. The second kappa shape index (κ2) is 8.41. The first-order chi connectivity index (χ1) is 14.9. The van der Waals surface area contributed by atoms with Gasteiger partial charge in [0.15, 0.2) is 0 Å². The van der Waals surface area contributed by atoms with Crippen molar-refractivity contribution >= 4 is 11.6 Å². The predicted molar refractivity (Wildman–Crippen MR) is 118 cm³/mol. The summed E-state index contributed by atoms with van der Waals surface area (Å²) in [7, 11) is 0. The summed E-state index contributed by atoms with van der Waals surface area (Å²) in [4.78, 5) is 20.5. The Morgan fingerprint density at radius 3 is 2.13 bits per heavy atom. The zero-order valence-corrected chi connectivity index (χ0v) is 16.7. The van der Waals surface area contributed by atoms with E-state index in [9.17, 15) is 0 Å². The molecule has 0 radical (unpaired) electrons. The van der Waals surface area contributed by atoms with Gasteiger partial charge in [0.2, 0.25) is 0 Å². The molecule has 5 rings (SSSR count). The van der Waals surface area contributed by atoms with Gasteiger partial charge in [-0.3, -0.25) is 9.97 Å². The molecule has 148 valence electrons. The maximum Gasteiger partial charge on any atom is 0.137 e. The minimum atomic E-state index is 0.156. The molecular weight excluding hydrogens is 370 g/mol. The summed E-state index contributed by atoms with van der Waals surface area (Å²) in [5, 5.41) is 0. The molecule has 1 aliphatic rings. The van der Waals surface area contributed by atoms with Gasteiger partial charge < -0.3 is 4.90 Å². The van der Waals surface area contributed by atoms with Crippen LogP contribution in [0.15, 0.2) is 85.7 Å². The summed E-state index contributed by atoms with van der Waals surface area (Å²) in [5.74, 6) is 2.18. The fourth-order valence-electron chi connectivity index (χ4n) is 4.25. The largest absolute Gasteiger partial charge is 0.311 e. The van der Waals surface area contributed by atoms with Gasteiger partial charge in [-0.15, -0.1) is 0 Å². The van der Waals surface area contributed by atoms with Gasteiger partial charge >= 0.3 is 0 Å². The topological polar surface area (TPSA) is 54.8 Å². The Balaban J connectivity index is 1.55. The van der Waals surface area contributed by atoms with Crippen LogP contribution in [0.3, 0.4) is 0 Å². The molecule has 0 N–H and O–H groups in total. The summed E-state index contributed by atoms with van der Waals surface area (Å²) in [5.41, 5.74) is 4.85. The molecule has 4 aromatic heterocycles. The second-order valence-corrected chi connectivity index (χ2v) is 7.56. The van der Waals surface area contributed by atoms with Crippen molar-refractivity contribution in [2.75, 3.05) is 11.4 Å². The van der Waals surface area contributed by atoms with E-state index in [2.05, 4.69) is 44.1 Å². The Bertz CT molecular complexity index is 1070. The van der Waals surface area contributed by atoms with Crippen LogP contribution in [0.1, 0.15) is 34.6 Å². The molecule has 0 saturated heterocycles. The fraction of sp³-hybridized carbons (Fsp3) is 0.200. The number of hydrogen-bond donors (Lipinski definition) is 0. The molecule has 0 unspecified atom stereocenters. The number of aryl methyl sites for hydroxylation is 1. The number of rotatable bonds is 5. The Hall–Kier alpha value is -3.60. The Morgan fingerprint density at radius 1 is 0.767 bits per heavy atom. The maximum atomic E-state index is 4.80. The molecule has 0 spiro atoms. The molecule has 30 heavy (non-hydrogen) atoms. The summed E-state index contributed by atoms with van der Waals surface area (Å²) in [6, 6.07) is 16.6. The molecule has 0 fully saturated rings. The van der Waals surface area contributed by atoms with E-state index in [0.717, 1.165) is 37.4 Å². The van der Waals surface area contributed by atoms with E-state index in [-0.39, 0.29) is 5.92 Å². The van der Waals surface area contributed by atoms with Crippen LogP contribution in [-0.2, 0) is 12.8 Å². The minimum absolute atomic E-state index is 0.156. The lowest BCUT2D eigenvalue weighted by Gasteiger charge is -2.31. The van der Waals surface area contributed by atoms with Crippen molar-refractivity contribution in [3.8, 4) is 0 Å². The lowest BCUT2D eigenvalue weighted by atomic mass is 9.87. The van der Waals surface area contributed by atoms with Crippen LogP contribution < -0.4 is 4.90 Å². The summed E-state index contributed by atoms with van der Waals surface area (Å²) in [6.07, 6.45) is 14.3. The van der Waals surface area contributed by atoms with Crippen LogP contribution in [0.25, 0.3) is 0 Å². The third-order valence-electron chi connectivity index (χ3n) is 5.67. The maximum absolute atomic E-state index is 4.80. The molecule has 5 heteroatoms. The SMILES string of the molecule is c1cncc(C(Cc2cccnc2N2CCCc3cccnc32)c2cccnc2)c1. The normalized spacial score (nSPS) is 13.3. The highest BCUT2D eigenvalue weighted by molar-refractivity contribution is 5.64. The van der Waals surface area contributed by atoms with E-state index in [1.54, 1.807) is 0 Å². The van der Waals surface area contributed by atoms with Gasteiger partial charge in [-0.2, -0.15) is 0 Å². The molecule has 5 nitrogen and oxygen atoms in total. The van der Waals surface area contributed by atoms with E-state index < -0.39 is 0 Å². The number of pyridine rings is 4. The van der Waals surface area contributed by atoms with Crippen molar-refractivity contribution in [1.82, 2.24) is 19.9 Å². The minimum Gasteiger partial charge on any atom is -0.311 e. The van der Waals surface area contributed by atoms with E-state index in [1.165, 1.54) is 22.3 Å². The predicted octanol–water partition coefficient (Wildman–Crippen LogP) is 4.73. The Kier molecular flexibility index (Phi) is 5.17. The van der Waals surface area contributed by atoms with Crippen molar-refractivity contribution in [3.63, 3.8) is 0 Å². The standard InChI is InChI=1S/C25H23N5/c1-8-21(17-26-11-1)23(22-9-2-12-27-18-22)16-20-7-4-14-29-25(20)30-15-5-10-19-6-3-13-28-24(19)30/h1-4,6-9,11-14,17-18,23H,5,10,15-16H2. The number of nitrogens with zero attached hydrogens (tertiary/aromatic N) is 5. The molecule has 0 amide bonds. The molecule has 4 aromatic rings. The van der Waals surface area contributed by atoms with Gasteiger partial charge in [-0.25, -0.2) is 9.97 Å². The van der Waals surface area contributed by atoms with Crippen molar-refractivity contribution in [2.45, 2.75) is 25.2 Å². The number of fused-ring (bicyclic) bond motifs is 1. The van der Waals surface area contributed by atoms with Gasteiger partial charge in [0.05, 0.1) is 0 Å². The van der Waals surface area contributed by atoms with Gasteiger partial charge in [-0.1, -0.05) is 24.3 Å².